The highest BCUT2D eigenvalue weighted by Crippen LogP contribution is 2.43. The van der Waals surface area contributed by atoms with E-state index in [0.29, 0.717) is 11.5 Å². The van der Waals surface area contributed by atoms with Gasteiger partial charge in [-0.15, -0.1) is 0 Å². The van der Waals surface area contributed by atoms with Crippen molar-refractivity contribution in [1.29, 1.82) is 0 Å². The lowest BCUT2D eigenvalue weighted by Crippen LogP contribution is -2.47. The van der Waals surface area contributed by atoms with Crippen LogP contribution in [0.15, 0.2) is 12.2 Å². The zero-order chi connectivity index (χ0) is 17.8. The number of rotatable bonds is 8. The van der Waals surface area contributed by atoms with Gasteiger partial charge in [0.1, 0.15) is 6.10 Å². The summed E-state index contributed by atoms with van der Waals surface area (Å²) < 4.78 is 11.9. The summed E-state index contributed by atoms with van der Waals surface area (Å²) in [4.78, 5) is 11.7. The van der Waals surface area contributed by atoms with Crippen LogP contribution in [0, 0.1) is 5.92 Å². The van der Waals surface area contributed by atoms with Gasteiger partial charge in [0.25, 0.3) is 0 Å². The van der Waals surface area contributed by atoms with Crippen LogP contribution in [0.3, 0.4) is 0 Å². The van der Waals surface area contributed by atoms with E-state index in [1.165, 1.54) is 0 Å². The third-order valence-electron chi connectivity index (χ3n) is 5.35. The van der Waals surface area contributed by atoms with Crippen LogP contribution in [0.1, 0.15) is 73.6 Å². The van der Waals surface area contributed by atoms with Crippen molar-refractivity contribution in [3.63, 3.8) is 0 Å². The summed E-state index contributed by atoms with van der Waals surface area (Å²) in [5.74, 6) is 0.0326. The van der Waals surface area contributed by atoms with E-state index in [1.54, 1.807) is 20.8 Å². The quantitative estimate of drug-likeness (QED) is 0.541. The molecule has 134 valence electrons. The van der Waals surface area contributed by atoms with Crippen LogP contribution in [-0.2, 0) is 14.3 Å². The van der Waals surface area contributed by atoms with Gasteiger partial charge >= 0.3 is 5.97 Å². The number of carbonyl (C=O) groups is 1. The maximum atomic E-state index is 11.7. The topological polar surface area (TPSA) is 55.8 Å². The van der Waals surface area contributed by atoms with E-state index in [2.05, 4.69) is 20.4 Å². The van der Waals surface area contributed by atoms with Gasteiger partial charge in [-0.2, -0.15) is 0 Å². The van der Waals surface area contributed by atoms with E-state index in [0.717, 1.165) is 32.1 Å². The Kier molecular flexibility index (Phi) is 6.84. The fraction of sp³-hybridized carbons (Fsp3) is 0.842. The molecule has 0 spiro atoms. The highest BCUT2D eigenvalue weighted by Gasteiger charge is 2.44. The number of aliphatic hydroxyl groups is 1. The summed E-state index contributed by atoms with van der Waals surface area (Å²) in [6, 6.07) is 0. The molecule has 0 bridgehead atoms. The molecule has 0 amide bonds. The van der Waals surface area contributed by atoms with Gasteiger partial charge in [0, 0.05) is 5.57 Å². The number of carbonyl (C=O) groups excluding carboxylic acids is 1. The van der Waals surface area contributed by atoms with Crippen LogP contribution < -0.4 is 0 Å². The Hall–Kier alpha value is -0.870. The van der Waals surface area contributed by atoms with E-state index in [-0.39, 0.29) is 23.8 Å². The highest BCUT2D eigenvalue weighted by atomic mass is 16.5. The lowest BCUT2D eigenvalue weighted by atomic mass is 9.80. The number of esters is 1. The van der Waals surface area contributed by atoms with Crippen molar-refractivity contribution in [3.8, 4) is 0 Å². The van der Waals surface area contributed by atoms with Gasteiger partial charge in [-0.05, 0) is 65.7 Å². The van der Waals surface area contributed by atoms with Crippen LogP contribution in [0.5, 0.6) is 0 Å². The van der Waals surface area contributed by atoms with Crippen LogP contribution in [0.4, 0.5) is 0 Å². The first-order chi connectivity index (χ1) is 10.6. The van der Waals surface area contributed by atoms with Crippen molar-refractivity contribution in [2.24, 2.45) is 5.92 Å². The Balaban J connectivity index is 2.79. The second-order valence-electron chi connectivity index (χ2n) is 7.50. The second-order valence-corrected chi connectivity index (χ2v) is 7.50. The first-order valence-electron chi connectivity index (χ1n) is 8.82. The van der Waals surface area contributed by atoms with Crippen LogP contribution in [0.2, 0.25) is 0 Å². The predicted molar refractivity (Wildman–Crippen MR) is 92.2 cm³/mol. The van der Waals surface area contributed by atoms with E-state index in [1.807, 2.05) is 6.92 Å². The maximum absolute atomic E-state index is 11.7. The molecule has 4 heteroatoms. The summed E-state index contributed by atoms with van der Waals surface area (Å²) in [7, 11) is 0. The fourth-order valence-corrected chi connectivity index (χ4v) is 3.36. The van der Waals surface area contributed by atoms with Crippen molar-refractivity contribution in [3.05, 3.63) is 12.2 Å². The molecule has 23 heavy (non-hydrogen) atoms. The fourth-order valence-electron chi connectivity index (χ4n) is 3.36. The molecule has 0 saturated heterocycles. The summed E-state index contributed by atoms with van der Waals surface area (Å²) in [6.07, 6.45) is 4.13. The molecule has 1 aliphatic carbocycles. The van der Waals surface area contributed by atoms with Crippen molar-refractivity contribution in [2.75, 3.05) is 0 Å². The van der Waals surface area contributed by atoms with Crippen LogP contribution in [-0.4, -0.2) is 34.5 Å². The number of hydrogen-bond acceptors (Lipinski definition) is 4. The molecule has 0 aromatic heterocycles. The predicted octanol–water partition coefficient (Wildman–Crippen LogP) is 4.01. The smallest absolute Gasteiger partial charge is 0.333 e. The Morgan fingerprint density at radius 1 is 1.30 bits per heavy atom. The molecular weight excluding hydrogens is 292 g/mol. The minimum absolute atomic E-state index is 0.0530. The lowest BCUT2D eigenvalue weighted by Gasteiger charge is -2.42. The Morgan fingerprint density at radius 2 is 1.87 bits per heavy atom. The molecule has 0 heterocycles. The molecule has 0 aromatic rings. The third-order valence-corrected chi connectivity index (χ3v) is 5.35. The molecule has 3 unspecified atom stereocenters. The van der Waals surface area contributed by atoms with Crippen molar-refractivity contribution < 1.29 is 19.4 Å². The molecule has 0 aliphatic heterocycles. The Morgan fingerprint density at radius 3 is 2.30 bits per heavy atom. The van der Waals surface area contributed by atoms with Gasteiger partial charge in [0.15, 0.2) is 0 Å². The zero-order valence-corrected chi connectivity index (χ0v) is 15.6. The molecule has 1 fully saturated rings. The van der Waals surface area contributed by atoms with Gasteiger partial charge in [-0.25, -0.2) is 4.79 Å². The Labute approximate surface area is 141 Å². The first kappa shape index (κ1) is 20.2. The third kappa shape index (κ3) is 5.05. The normalized spacial score (nSPS) is 23.6. The summed E-state index contributed by atoms with van der Waals surface area (Å²) >= 11 is 0. The molecule has 4 nitrogen and oxygen atoms in total. The van der Waals surface area contributed by atoms with Gasteiger partial charge in [0.05, 0.1) is 17.3 Å². The molecule has 0 radical (unpaired) electrons. The van der Waals surface area contributed by atoms with Crippen molar-refractivity contribution >= 4 is 5.97 Å². The minimum Gasteiger partial charge on any atom is -0.459 e. The van der Waals surface area contributed by atoms with Gasteiger partial charge in [0.2, 0.25) is 0 Å². The van der Waals surface area contributed by atoms with E-state index in [9.17, 15) is 9.90 Å². The summed E-state index contributed by atoms with van der Waals surface area (Å²) in [5, 5.41) is 10.2. The van der Waals surface area contributed by atoms with E-state index >= 15 is 0 Å². The number of hydrogen-bond donors (Lipinski definition) is 1. The average Bonchev–Trinajstić information content (AvgIpc) is 2.92. The van der Waals surface area contributed by atoms with E-state index in [4.69, 9.17) is 9.47 Å². The van der Waals surface area contributed by atoms with Gasteiger partial charge in [-0.3, -0.25) is 0 Å². The van der Waals surface area contributed by atoms with Crippen molar-refractivity contribution in [1.82, 2.24) is 0 Å². The molecular formula is C19H34O4. The Bertz CT molecular complexity index is 418. The van der Waals surface area contributed by atoms with Gasteiger partial charge < -0.3 is 14.6 Å². The maximum Gasteiger partial charge on any atom is 0.333 e. The SMILES string of the molecule is C=C(C)C(=O)OC1CCC(C(CC)(CC)OC(C)C(C)(C)O)C1. The van der Waals surface area contributed by atoms with Crippen molar-refractivity contribution in [2.45, 2.75) is 97.1 Å². The molecule has 3 atom stereocenters. The second kappa shape index (κ2) is 7.80. The average molecular weight is 326 g/mol. The molecule has 0 aromatic carbocycles. The molecule has 1 saturated carbocycles. The lowest BCUT2D eigenvalue weighted by molar-refractivity contribution is -0.181. The largest absolute Gasteiger partial charge is 0.459 e. The van der Waals surface area contributed by atoms with Gasteiger partial charge in [-0.1, -0.05) is 20.4 Å². The first-order valence-corrected chi connectivity index (χ1v) is 8.82. The standard InChI is InChI=1S/C19H34O4/c1-8-19(9-2,23-14(5)18(6,7)21)15-10-11-16(12-15)22-17(20)13(3)4/h14-16,21H,3,8-12H2,1-2,4-7H3. The summed E-state index contributed by atoms with van der Waals surface area (Å²) in [6.45, 7) is 15.1. The zero-order valence-electron chi connectivity index (χ0n) is 15.6. The minimum atomic E-state index is -0.875. The molecule has 1 aliphatic rings. The van der Waals surface area contributed by atoms with E-state index < -0.39 is 5.60 Å². The molecule has 1 rings (SSSR count). The molecule has 1 N–H and O–H groups in total. The van der Waals surface area contributed by atoms with Crippen LogP contribution in [0.25, 0.3) is 0 Å². The summed E-state index contributed by atoms with van der Waals surface area (Å²) in [5.41, 5.74) is -0.707. The highest BCUT2D eigenvalue weighted by molar-refractivity contribution is 5.87. The number of ether oxygens (including phenoxy) is 2. The van der Waals surface area contributed by atoms with Crippen LogP contribution >= 0.6 is 0 Å². The monoisotopic (exact) mass is 326 g/mol.